The van der Waals surface area contributed by atoms with Crippen LogP contribution in [0.4, 0.5) is 0 Å². The van der Waals surface area contributed by atoms with Crippen LogP contribution < -0.4 is 20.3 Å². The lowest BCUT2D eigenvalue weighted by molar-refractivity contribution is 0.0923. The van der Waals surface area contributed by atoms with Crippen molar-refractivity contribution < 1.29 is 14.3 Å². The minimum Gasteiger partial charge on any atom is -0.481 e. The molecule has 1 aliphatic rings. The second-order valence-electron chi connectivity index (χ2n) is 6.66. The van der Waals surface area contributed by atoms with Gasteiger partial charge in [0.15, 0.2) is 0 Å². The van der Waals surface area contributed by atoms with Crippen molar-refractivity contribution in [3.8, 4) is 23.1 Å². The molecule has 1 amide bonds. The first-order valence-electron chi connectivity index (χ1n) is 9.38. The number of carbonyl (C=O) groups excluding carboxylic acids is 1. The van der Waals surface area contributed by atoms with E-state index in [1.54, 1.807) is 29.0 Å². The number of hydrogen-bond acceptors (Lipinski definition) is 8. The molecular weight excluding hydrogens is 388 g/mol. The largest absolute Gasteiger partial charge is 0.481 e. The van der Waals surface area contributed by atoms with Crippen LogP contribution in [0.3, 0.4) is 0 Å². The molecule has 0 aromatic carbocycles. The summed E-state index contributed by atoms with van der Waals surface area (Å²) in [6.45, 7) is 0.547. The standard InChI is InChI=1S/C20H20N6O4/c1-29-16-6-5-12(20(25-16)30-2)19(28)24-14-4-3-9-26-17(27)10-15(23-18(14)26)13-7-8-21-11-22-13/h5-8,10-11,14H,3-4,9H2,1-2H3,(H,24,28). The van der Waals surface area contributed by atoms with Crippen molar-refractivity contribution >= 4 is 5.91 Å². The van der Waals surface area contributed by atoms with Crippen LogP contribution in [-0.4, -0.2) is 44.6 Å². The minimum absolute atomic E-state index is 0.155. The van der Waals surface area contributed by atoms with Crippen LogP contribution >= 0.6 is 0 Å². The molecule has 1 aliphatic heterocycles. The van der Waals surface area contributed by atoms with Crippen LogP contribution in [0.2, 0.25) is 0 Å². The van der Waals surface area contributed by atoms with E-state index in [0.29, 0.717) is 36.1 Å². The van der Waals surface area contributed by atoms with Crippen LogP contribution in [0.5, 0.6) is 11.8 Å². The van der Waals surface area contributed by atoms with Gasteiger partial charge in [-0.25, -0.2) is 15.0 Å². The highest BCUT2D eigenvalue weighted by atomic mass is 16.5. The molecule has 0 bridgehead atoms. The predicted molar refractivity (Wildman–Crippen MR) is 106 cm³/mol. The van der Waals surface area contributed by atoms with Crippen LogP contribution in [0, 0.1) is 0 Å². The highest BCUT2D eigenvalue weighted by Gasteiger charge is 2.27. The van der Waals surface area contributed by atoms with Gasteiger partial charge in [0.1, 0.15) is 17.7 Å². The molecule has 10 heteroatoms. The molecule has 10 nitrogen and oxygen atoms in total. The van der Waals surface area contributed by atoms with Gasteiger partial charge in [0.25, 0.3) is 11.5 Å². The number of rotatable bonds is 5. The average molecular weight is 408 g/mol. The fourth-order valence-electron chi connectivity index (χ4n) is 3.41. The predicted octanol–water partition coefficient (Wildman–Crippen LogP) is 1.38. The van der Waals surface area contributed by atoms with E-state index >= 15 is 0 Å². The Hall–Kier alpha value is -3.82. The van der Waals surface area contributed by atoms with Crippen LogP contribution in [-0.2, 0) is 6.54 Å². The second-order valence-corrected chi connectivity index (χ2v) is 6.66. The number of carbonyl (C=O) groups is 1. The lowest BCUT2D eigenvalue weighted by Gasteiger charge is -2.27. The zero-order valence-corrected chi connectivity index (χ0v) is 16.5. The molecule has 0 spiro atoms. The molecule has 0 saturated carbocycles. The van der Waals surface area contributed by atoms with Gasteiger partial charge >= 0.3 is 0 Å². The summed E-state index contributed by atoms with van der Waals surface area (Å²) in [6.07, 6.45) is 4.38. The molecule has 1 atom stereocenters. The molecule has 0 fully saturated rings. The molecule has 3 aromatic rings. The van der Waals surface area contributed by atoms with Gasteiger partial charge in [-0.15, -0.1) is 0 Å². The maximum atomic E-state index is 12.9. The van der Waals surface area contributed by atoms with Gasteiger partial charge in [-0.05, 0) is 25.0 Å². The average Bonchev–Trinajstić information content (AvgIpc) is 2.79. The third kappa shape index (κ3) is 3.71. The van der Waals surface area contributed by atoms with Gasteiger partial charge in [0.2, 0.25) is 11.8 Å². The number of nitrogens with zero attached hydrogens (tertiary/aromatic N) is 5. The number of amides is 1. The monoisotopic (exact) mass is 408 g/mol. The molecule has 0 radical (unpaired) electrons. The zero-order valence-electron chi connectivity index (χ0n) is 16.5. The van der Waals surface area contributed by atoms with Crippen LogP contribution in [0.15, 0.2) is 41.6 Å². The molecule has 1 N–H and O–H groups in total. The third-order valence-electron chi connectivity index (χ3n) is 4.86. The number of hydrogen-bond donors (Lipinski definition) is 1. The normalized spacial score (nSPS) is 15.2. The Morgan fingerprint density at radius 2 is 2.03 bits per heavy atom. The SMILES string of the molecule is COc1ccc(C(=O)NC2CCCn3c2nc(-c2ccncn2)cc3=O)c(OC)n1. The summed E-state index contributed by atoms with van der Waals surface area (Å²) in [5.41, 5.74) is 1.07. The van der Waals surface area contributed by atoms with Gasteiger partial charge in [-0.1, -0.05) is 0 Å². The highest BCUT2D eigenvalue weighted by molar-refractivity contribution is 5.96. The van der Waals surface area contributed by atoms with Gasteiger partial charge in [-0.3, -0.25) is 14.2 Å². The summed E-state index contributed by atoms with van der Waals surface area (Å²) < 4.78 is 11.9. The summed E-state index contributed by atoms with van der Waals surface area (Å²) >= 11 is 0. The Morgan fingerprint density at radius 3 is 2.77 bits per heavy atom. The smallest absolute Gasteiger partial charge is 0.257 e. The maximum absolute atomic E-state index is 12.9. The number of pyridine rings is 1. The third-order valence-corrected chi connectivity index (χ3v) is 4.86. The molecule has 0 aliphatic carbocycles. The fraction of sp³-hybridized carbons (Fsp3) is 0.300. The Morgan fingerprint density at radius 1 is 1.17 bits per heavy atom. The number of ether oxygens (including phenoxy) is 2. The topological polar surface area (TPSA) is 121 Å². The number of nitrogens with one attached hydrogen (secondary N) is 1. The Balaban J connectivity index is 1.67. The summed E-state index contributed by atoms with van der Waals surface area (Å²) in [6, 6.07) is 5.87. The van der Waals surface area contributed by atoms with Crippen molar-refractivity contribution in [3.63, 3.8) is 0 Å². The van der Waals surface area contributed by atoms with Crippen molar-refractivity contribution in [2.24, 2.45) is 0 Å². The van der Waals surface area contributed by atoms with E-state index in [2.05, 4.69) is 25.3 Å². The lowest BCUT2D eigenvalue weighted by Crippen LogP contribution is -2.38. The van der Waals surface area contributed by atoms with Gasteiger partial charge in [0, 0.05) is 24.9 Å². The van der Waals surface area contributed by atoms with E-state index in [1.807, 2.05) is 0 Å². The van der Waals surface area contributed by atoms with Crippen LogP contribution in [0.25, 0.3) is 11.4 Å². The second kappa shape index (κ2) is 8.27. The van der Waals surface area contributed by atoms with E-state index < -0.39 is 6.04 Å². The van der Waals surface area contributed by atoms with E-state index in [1.165, 1.54) is 26.6 Å². The number of fused-ring (bicyclic) bond motifs is 1. The molecule has 4 heterocycles. The van der Waals surface area contributed by atoms with Crippen LogP contribution in [0.1, 0.15) is 35.1 Å². The lowest BCUT2D eigenvalue weighted by atomic mass is 10.0. The summed E-state index contributed by atoms with van der Waals surface area (Å²) in [5, 5.41) is 2.95. The first-order valence-corrected chi connectivity index (χ1v) is 9.38. The van der Waals surface area contributed by atoms with Crippen molar-refractivity contribution in [3.05, 3.63) is 58.5 Å². The van der Waals surface area contributed by atoms with E-state index in [4.69, 9.17) is 9.47 Å². The molecule has 0 saturated heterocycles. The molecule has 30 heavy (non-hydrogen) atoms. The molecule has 3 aromatic heterocycles. The van der Waals surface area contributed by atoms with E-state index in [9.17, 15) is 9.59 Å². The summed E-state index contributed by atoms with van der Waals surface area (Å²) in [5.74, 6) is 0.621. The molecule has 1 unspecified atom stereocenters. The van der Waals surface area contributed by atoms with Crippen molar-refractivity contribution in [1.29, 1.82) is 0 Å². The summed E-state index contributed by atoms with van der Waals surface area (Å²) in [4.78, 5) is 42.4. The summed E-state index contributed by atoms with van der Waals surface area (Å²) in [7, 11) is 2.92. The van der Waals surface area contributed by atoms with Gasteiger partial charge in [-0.2, -0.15) is 4.98 Å². The Kier molecular flexibility index (Phi) is 5.38. The van der Waals surface area contributed by atoms with Gasteiger partial charge in [0.05, 0.1) is 31.6 Å². The number of methoxy groups -OCH3 is 2. The first kappa shape index (κ1) is 19.5. The first-order chi connectivity index (χ1) is 14.6. The quantitative estimate of drug-likeness (QED) is 0.672. The Bertz CT molecular complexity index is 1130. The molecular formula is C20H20N6O4. The molecule has 154 valence electrons. The zero-order chi connectivity index (χ0) is 21.1. The fourth-order valence-corrected chi connectivity index (χ4v) is 3.41. The van der Waals surface area contributed by atoms with Crippen molar-refractivity contribution in [1.82, 2.24) is 29.8 Å². The van der Waals surface area contributed by atoms with E-state index in [-0.39, 0.29) is 22.9 Å². The number of aromatic nitrogens is 5. The van der Waals surface area contributed by atoms with E-state index in [0.717, 1.165) is 6.42 Å². The minimum atomic E-state index is -0.437. The molecule has 4 rings (SSSR count). The maximum Gasteiger partial charge on any atom is 0.257 e. The Labute approximate surface area is 172 Å². The van der Waals surface area contributed by atoms with Crippen molar-refractivity contribution in [2.45, 2.75) is 25.4 Å². The van der Waals surface area contributed by atoms with Crippen molar-refractivity contribution in [2.75, 3.05) is 14.2 Å². The van der Waals surface area contributed by atoms with Gasteiger partial charge < -0.3 is 14.8 Å². The highest BCUT2D eigenvalue weighted by Crippen LogP contribution is 2.26.